The first kappa shape index (κ1) is 16.6. The Balaban J connectivity index is 1.98. The van der Waals surface area contributed by atoms with Crippen molar-refractivity contribution >= 4 is 28.6 Å². The lowest BCUT2D eigenvalue weighted by atomic mass is 10.1. The van der Waals surface area contributed by atoms with E-state index in [9.17, 15) is 22.4 Å². The Morgan fingerprint density at radius 2 is 2.12 bits per heavy atom. The number of hydrogen-bond donors (Lipinski definition) is 1. The number of hydrogen-bond acceptors (Lipinski definition) is 2. The lowest BCUT2D eigenvalue weighted by Gasteiger charge is -2.09. The Kier molecular flexibility index (Phi) is 4.40. The minimum atomic E-state index is -4.47. The van der Waals surface area contributed by atoms with Crippen LogP contribution in [-0.2, 0) is 6.54 Å². The molecule has 0 fully saturated rings. The summed E-state index contributed by atoms with van der Waals surface area (Å²) in [4.78, 5) is 12.4. The predicted octanol–water partition coefficient (Wildman–Crippen LogP) is 4.56. The molecule has 1 aliphatic heterocycles. The van der Waals surface area contributed by atoms with E-state index in [1.165, 1.54) is 17.8 Å². The first-order chi connectivity index (χ1) is 11.3. The zero-order valence-corrected chi connectivity index (χ0v) is 13.0. The molecule has 2 aromatic rings. The molecular weight excluding hydrogens is 344 g/mol. The van der Waals surface area contributed by atoms with Crippen LogP contribution in [0.3, 0.4) is 0 Å². The topological polar surface area (TPSA) is 34.0 Å². The SMILES string of the molecule is O=C(NC1=CCC=CS1)c1cn(CC(F)(F)F)c2cc(F)ccc12. The number of aromatic nitrogens is 1. The molecule has 1 amide bonds. The van der Waals surface area contributed by atoms with Gasteiger partial charge in [0.05, 0.1) is 16.1 Å². The molecule has 1 N–H and O–H groups in total. The van der Waals surface area contributed by atoms with Gasteiger partial charge >= 0.3 is 6.18 Å². The number of nitrogens with one attached hydrogen (secondary N) is 1. The van der Waals surface area contributed by atoms with Crippen molar-refractivity contribution in [1.29, 1.82) is 0 Å². The van der Waals surface area contributed by atoms with Crippen molar-refractivity contribution in [3.8, 4) is 0 Å². The van der Waals surface area contributed by atoms with Gasteiger partial charge in [0, 0.05) is 11.6 Å². The fourth-order valence-electron chi connectivity index (χ4n) is 2.43. The van der Waals surface area contributed by atoms with E-state index >= 15 is 0 Å². The van der Waals surface area contributed by atoms with Gasteiger partial charge in [0.15, 0.2) is 0 Å². The smallest absolute Gasteiger partial charge is 0.337 e. The molecule has 3 rings (SSSR count). The molecule has 0 bridgehead atoms. The Hall–Kier alpha value is -2.22. The summed E-state index contributed by atoms with van der Waals surface area (Å²) in [5, 5.41) is 5.37. The molecule has 3 nitrogen and oxygen atoms in total. The quantitative estimate of drug-likeness (QED) is 0.818. The van der Waals surface area contributed by atoms with Gasteiger partial charge in [-0.1, -0.05) is 23.9 Å². The van der Waals surface area contributed by atoms with Crippen molar-refractivity contribution in [3.05, 3.63) is 58.4 Å². The fraction of sp³-hybridized carbons (Fsp3) is 0.188. The molecule has 0 aliphatic carbocycles. The Bertz CT molecular complexity index is 852. The van der Waals surface area contributed by atoms with Crippen LogP contribution in [-0.4, -0.2) is 16.7 Å². The van der Waals surface area contributed by atoms with Crippen LogP contribution in [0.2, 0.25) is 0 Å². The third-order valence-corrected chi connectivity index (χ3v) is 4.26. The molecule has 0 radical (unpaired) electrons. The second kappa shape index (κ2) is 6.35. The average Bonchev–Trinajstić information content (AvgIpc) is 2.84. The van der Waals surface area contributed by atoms with Gasteiger partial charge in [0.2, 0.25) is 0 Å². The van der Waals surface area contributed by atoms with Crippen molar-refractivity contribution in [2.75, 3.05) is 0 Å². The number of carbonyl (C=O) groups excluding carboxylic acids is 1. The van der Waals surface area contributed by atoms with E-state index in [2.05, 4.69) is 5.32 Å². The minimum Gasteiger partial charge on any atom is -0.337 e. The van der Waals surface area contributed by atoms with Gasteiger partial charge in [0.1, 0.15) is 12.4 Å². The molecule has 1 aromatic carbocycles. The maximum Gasteiger partial charge on any atom is 0.406 e. The summed E-state index contributed by atoms with van der Waals surface area (Å²) >= 11 is 1.31. The molecule has 0 saturated carbocycles. The Labute approximate surface area is 139 Å². The third kappa shape index (κ3) is 3.64. The van der Waals surface area contributed by atoms with E-state index in [-0.39, 0.29) is 16.5 Å². The number of alkyl halides is 3. The highest BCUT2D eigenvalue weighted by atomic mass is 32.2. The van der Waals surface area contributed by atoms with Crippen LogP contribution < -0.4 is 5.32 Å². The summed E-state index contributed by atoms with van der Waals surface area (Å²) < 4.78 is 52.4. The van der Waals surface area contributed by atoms with Crippen LogP contribution in [0.4, 0.5) is 17.6 Å². The first-order valence-corrected chi connectivity index (χ1v) is 7.90. The molecule has 1 aromatic heterocycles. The van der Waals surface area contributed by atoms with Gasteiger partial charge in [-0.05, 0) is 30.0 Å². The minimum absolute atomic E-state index is 0.0302. The first-order valence-electron chi connectivity index (χ1n) is 7.02. The number of rotatable bonds is 3. The maximum absolute atomic E-state index is 13.4. The van der Waals surface area contributed by atoms with E-state index in [0.29, 0.717) is 11.4 Å². The zero-order valence-electron chi connectivity index (χ0n) is 12.2. The van der Waals surface area contributed by atoms with Crippen LogP contribution in [0.25, 0.3) is 10.9 Å². The lowest BCUT2D eigenvalue weighted by Crippen LogP contribution is -2.21. The van der Waals surface area contributed by atoms with Crippen molar-refractivity contribution in [2.45, 2.75) is 19.1 Å². The van der Waals surface area contributed by atoms with Gasteiger partial charge < -0.3 is 9.88 Å². The molecule has 126 valence electrons. The Morgan fingerprint density at radius 3 is 2.79 bits per heavy atom. The zero-order chi connectivity index (χ0) is 17.3. The summed E-state index contributed by atoms with van der Waals surface area (Å²) in [5.74, 6) is -1.19. The van der Waals surface area contributed by atoms with Gasteiger partial charge in [-0.2, -0.15) is 13.2 Å². The molecule has 8 heteroatoms. The molecule has 2 heterocycles. The monoisotopic (exact) mass is 356 g/mol. The lowest BCUT2D eigenvalue weighted by molar-refractivity contribution is -0.139. The third-order valence-electron chi connectivity index (χ3n) is 3.41. The number of fused-ring (bicyclic) bond motifs is 1. The van der Waals surface area contributed by atoms with E-state index in [1.54, 1.807) is 6.08 Å². The second-order valence-corrected chi connectivity index (χ2v) is 6.14. The highest BCUT2D eigenvalue weighted by Gasteiger charge is 2.29. The molecule has 0 unspecified atom stereocenters. The van der Waals surface area contributed by atoms with E-state index in [1.807, 2.05) is 11.5 Å². The number of amides is 1. The molecular formula is C16H12F4N2OS. The van der Waals surface area contributed by atoms with Crippen LogP contribution in [0.5, 0.6) is 0 Å². The highest BCUT2D eigenvalue weighted by Crippen LogP contribution is 2.28. The Morgan fingerprint density at radius 1 is 1.33 bits per heavy atom. The molecule has 1 aliphatic rings. The number of carbonyl (C=O) groups is 1. The number of nitrogens with zero attached hydrogens (tertiary/aromatic N) is 1. The normalized spacial score (nSPS) is 14.8. The van der Waals surface area contributed by atoms with Crippen LogP contribution >= 0.6 is 11.8 Å². The molecule has 0 saturated heterocycles. The summed E-state index contributed by atoms with van der Waals surface area (Å²) in [6.07, 6.45) is 1.02. The molecule has 24 heavy (non-hydrogen) atoms. The second-order valence-electron chi connectivity index (χ2n) is 5.20. The largest absolute Gasteiger partial charge is 0.406 e. The van der Waals surface area contributed by atoms with Crippen LogP contribution in [0.15, 0.2) is 47.0 Å². The van der Waals surface area contributed by atoms with Gasteiger partial charge in [0.25, 0.3) is 5.91 Å². The number of benzene rings is 1. The van der Waals surface area contributed by atoms with Crippen molar-refractivity contribution in [3.63, 3.8) is 0 Å². The van der Waals surface area contributed by atoms with Gasteiger partial charge in [-0.25, -0.2) is 4.39 Å². The van der Waals surface area contributed by atoms with Gasteiger partial charge in [-0.15, -0.1) is 0 Å². The fourth-order valence-corrected chi connectivity index (χ4v) is 3.13. The summed E-state index contributed by atoms with van der Waals surface area (Å²) in [5.41, 5.74) is 0.105. The van der Waals surface area contributed by atoms with Crippen LogP contribution in [0.1, 0.15) is 16.8 Å². The predicted molar refractivity (Wildman–Crippen MR) is 84.8 cm³/mol. The highest BCUT2D eigenvalue weighted by molar-refractivity contribution is 8.05. The van der Waals surface area contributed by atoms with E-state index in [4.69, 9.17) is 0 Å². The summed E-state index contributed by atoms with van der Waals surface area (Å²) in [7, 11) is 0. The van der Waals surface area contributed by atoms with E-state index in [0.717, 1.165) is 22.9 Å². The average molecular weight is 356 g/mol. The van der Waals surface area contributed by atoms with Gasteiger partial charge in [-0.3, -0.25) is 4.79 Å². The summed E-state index contributed by atoms with van der Waals surface area (Å²) in [6.45, 7) is -1.29. The van der Waals surface area contributed by atoms with E-state index < -0.39 is 24.4 Å². The molecule has 0 atom stereocenters. The summed E-state index contributed by atoms with van der Waals surface area (Å²) in [6, 6.07) is 3.43. The number of allylic oxidation sites excluding steroid dienone is 2. The maximum atomic E-state index is 13.4. The van der Waals surface area contributed by atoms with Crippen LogP contribution in [0, 0.1) is 5.82 Å². The van der Waals surface area contributed by atoms with Crippen molar-refractivity contribution in [2.24, 2.45) is 0 Å². The number of halogens is 4. The van der Waals surface area contributed by atoms with Crippen molar-refractivity contribution in [1.82, 2.24) is 9.88 Å². The van der Waals surface area contributed by atoms with Crippen molar-refractivity contribution < 1.29 is 22.4 Å². The number of thioether (sulfide) groups is 1. The standard InChI is InChI=1S/C16H12F4N2OS/c17-10-4-5-11-12(15(23)21-14-3-1-2-6-24-14)8-22(13(11)7-10)9-16(18,19)20/h2-8H,1,9H2,(H,21,23). The molecule has 0 spiro atoms.